The molecule has 20 heavy (non-hydrogen) atoms. The number of halogens is 3. The molecule has 2 N–H and O–H groups in total. The zero-order chi connectivity index (χ0) is 14.3. The van der Waals surface area contributed by atoms with Crippen LogP contribution in [0, 0.1) is 5.82 Å². The van der Waals surface area contributed by atoms with E-state index < -0.39 is 11.9 Å². The minimum atomic E-state index is -0.698. The Morgan fingerprint density at radius 3 is 2.80 bits per heavy atom. The minimum Gasteiger partial charge on any atom is -0.369 e. The first-order valence-corrected chi connectivity index (χ1v) is 6.63. The van der Waals surface area contributed by atoms with E-state index in [0.29, 0.717) is 27.0 Å². The molecule has 0 aliphatic carbocycles. The van der Waals surface area contributed by atoms with Gasteiger partial charge in [0, 0.05) is 11.3 Å². The van der Waals surface area contributed by atoms with E-state index in [-0.39, 0.29) is 5.91 Å². The van der Waals surface area contributed by atoms with Gasteiger partial charge >= 0.3 is 0 Å². The van der Waals surface area contributed by atoms with Gasteiger partial charge in [-0.2, -0.15) is 0 Å². The number of carbonyl (C=O) groups excluding carboxylic acids is 1. The number of benzene rings is 2. The summed E-state index contributed by atoms with van der Waals surface area (Å²) in [6, 6.07) is 8.53. The fourth-order valence-electron chi connectivity index (χ4n) is 2.15. The predicted octanol–water partition coefficient (Wildman–Crippen LogP) is 4.24. The quantitative estimate of drug-likeness (QED) is 0.871. The number of fused-ring (bicyclic) bond motifs is 1. The van der Waals surface area contributed by atoms with Crippen LogP contribution in [0.4, 0.5) is 15.8 Å². The number of nitrogens with one attached hydrogen (secondary N) is 2. The Bertz CT molecular complexity index is 706. The molecule has 1 unspecified atom stereocenters. The highest BCUT2D eigenvalue weighted by molar-refractivity contribution is 6.43. The van der Waals surface area contributed by atoms with Gasteiger partial charge in [-0.3, -0.25) is 4.79 Å². The molecule has 1 aliphatic rings. The van der Waals surface area contributed by atoms with Crippen molar-refractivity contribution in [2.75, 3.05) is 10.6 Å². The molecule has 1 aliphatic heterocycles. The Morgan fingerprint density at radius 2 is 2.00 bits per heavy atom. The number of rotatable bonds is 2. The molecule has 3 nitrogen and oxygen atoms in total. The maximum Gasteiger partial charge on any atom is 0.251 e. The molecule has 0 spiro atoms. The molecule has 3 rings (SSSR count). The van der Waals surface area contributed by atoms with Crippen LogP contribution >= 0.6 is 23.2 Å². The van der Waals surface area contributed by atoms with E-state index in [9.17, 15) is 9.18 Å². The number of carbonyl (C=O) groups is 1. The summed E-state index contributed by atoms with van der Waals surface area (Å²) in [4.78, 5) is 12.0. The van der Waals surface area contributed by atoms with Crippen molar-refractivity contribution in [1.29, 1.82) is 0 Å². The lowest BCUT2D eigenvalue weighted by Gasteiger charge is -2.14. The maximum absolute atomic E-state index is 13.3. The van der Waals surface area contributed by atoms with Gasteiger partial charge in [0.05, 0.1) is 15.7 Å². The van der Waals surface area contributed by atoms with Gasteiger partial charge in [0.25, 0.3) is 5.91 Å². The highest BCUT2D eigenvalue weighted by Gasteiger charge is 2.31. The summed E-state index contributed by atoms with van der Waals surface area (Å²) in [6.45, 7) is 0. The van der Waals surface area contributed by atoms with Crippen molar-refractivity contribution in [3.05, 3.63) is 57.8 Å². The van der Waals surface area contributed by atoms with Gasteiger partial charge in [-0.05, 0) is 30.3 Å². The van der Waals surface area contributed by atoms with E-state index in [1.54, 1.807) is 18.2 Å². The largest absolute Gasteiger partial charge is 0.369 e. The molecule has 0 fully saturated rings. The van der Waals surface area contributed by atoms with Crippen molar-refractivity contribution in [3.63, 3.8) is 0 Å². The van der Waals surface area contributed by atoms with Gasteiger partial charge < -0.3 is 10.6 Å². The molecule has 1 amide bonds. The third-order valence-electron chi connectivity index (χ3n) is 3.10. The fraction of sp³-hybridized carbons (Fsp3) is 0.0714. The molecule has 2 aromatic carbocycles. The average Bonchev–Trinajstić information content (AvgIpc) is 2.71. The van der Waals surface area contributed by atoms with E-state index in [1.165, 1.54) is 18.2 Å². The third-order valence-corrected chi connectivity index (χ3v) is 3.92. The summed E-state index contributed by atoms with van der Waals surface area (Å²) in [6.07, 6.45) is 0. The first kappa shape index (κ1) is 13.2. The zero-order valence-corrected chi connectivity index (χ0v) is 11.6. The van der Waals surface area contributed by atoms with Crippen LogP contribution < -0.4 is 10.6 Å². The number of hydrogen-bond acceptors (Lipinski definition) is 2. The molecular weight excluding hydrogens is 302 g/mol. The van der Waals surface area contributed by atoms with Crippen molar-refractivity contribution < 1.29 is 9.18 Å². The van der Waals surface area contributed by atoms with E-state index >= 15 is 0 Å². The Kier molecular flexibility index (Phi) is 3.28. The highest BCUT2D eigenvalue weighted by Crippen LogP contribution is 2.37. The first-order valence-electron chi connectivity index (χ1n) is 5.87. The highest BCUT2D eigenvalue weighted by atomic mass is 35.5. The molecule has 6 heteroatoms. The number of hydrogen-bond donors (Lipinski definition) is 2. The molecule has 102 valence electrons. The average molecular weight is 311 g/mol. The summed E-state index contributed by atoms with van der Waals surface area (Å²) in [5, 5.41) is 6.38. The predicted molar refractivity (Wildman–Crippen MR) is 77.9 cm³/mol. The molecule has 0 saturated heterocycles. The second kappa shape index (κ2) is 4.96. The molecule has 0 saturated carbocycles. The lowest BCUT2D eigenvalue weighted by atomic mass is 10.1. The minimum absolute atomic E-state index is 0.262. The number of anilines is 2. The molecule has 0 aromatic heterocycles. The summed E-state index contributed by atoms with van der Waals surface area (Å²) < 4.78 is 13.3. The van der Waals surface area contributed by atoms with E-state index in [0.717, 1.165) is 0 Å². The maximum atomic E-state index is 13.3. The van der Waals surface area contributed by atoms with Crippen molar-refractivity contribution in [1.82, 2.24) is 0 Å². The van der Waals surface area contributed by atoms with Gasteiger partial charge in [0.2, 0.25) is 0 Å². The van der Waals surface area contributed by atoms with Crippen molar-refractivity contribution in [3.8, 4) is 0 Å². The van der Waals surface area contributed by atoms with Crippen LogP contribution in [0.1, 0.15) is 11.6 Å². The molecule has 1 atom stereocenters. The van der Waals surface area contributed by atoms with Crippen LogP contribution in [0.15, 0.2) is 36.4 Å². The SMILES string of the molecule is O=C1Nc2ccc(F)cc2C1Nc1cccc(Cl)c1Cl. The summed E-state index contributed by atoms with van der Waals surface area (Å²) >= 11 is 12.0. The summed E-state index contributed by atoms with van der Waals surface area (Å²) in [5.74, 6) is -0.661. The van der Waals surface area contributed by atoms with Gasteiger partial charge in [-0.15, -0.1) is 0 Å². The normalized spacial score (nSPS) is 16.8. The van der Waals surface area contributed by atoms with E-state index in [2.05, 4.69) is 10.6 Å². The summed E-state index contributed by atoms with van der Waals surface area (Å²) in [7, 11) is 0. The van der Waals surface area contributed by atoms with Gasteiger partial charge in [-0.25, -0.2) is 4.39 Å². The molecular formula is C14H9Cl2FN2O. The Morgan fingerprint density at radius 1 is 1.20 bits per heavy atom. The van der Waals surface area contributed by atoms with E-state index in [1.807, 2.05) is 0 Å². The molecule has 0 bridgehead atoms. The zero-order valence-electron chi connectivity index (χ0n) is 10.1. The van der Waals surface area contributed by atoms with Crippen LogP contribution in [0.25, 0.3) is 0 Å². The lowest BCUT2D eigenvalue weighted by Crippen LogP contribution is -2.19. The van der Waals surface area contributed by atoms with Crippen LogP contribution in [0.3, 0.4) is 0 Å². The number of amides is 1. The Balaban J connectivity index is 1.98. The first-order chi connectivity index (χ1) is 9.56. The molecule has 2 aromatic rings. The van der Waals surface area contributed by atoms with Crippen molar-refractivity contribution >= 4 is 40.5 Å². The fourth-order valence-corrected chi connectivity index (χ4v) is 2.50. The molecule has 1 heterocycles. The standard InChI is InChI=1S/C14H9Cl2FN2O/c15-9-2-1-3-11(12(9)16)18-13-8-6-7(17)4-5-10(8)19-14(13)20/h1-6,13,18H,(H,19,20). The van der Waals surface area contributed by atoms with Gasteiger partial charge in [0.1, 0.15) is 11.9 Å². The third kappa shape index (κ3) is 2.21. The Hall–Kier alpha value is -1.78. The second-order valence-electron chi connectivity index (χ2n) is 4.40. The summed E-state index contributed by atoms with van der Waals surface area (Å²) in [5.41, 5.74) is 1.66. The van der Waals surface area contributed by atoms with Crippen LogP contribution in [0.5, 0.6) is 0 Å². The van der Waals surface area contributed by atoms with E-state index in [4.69, 9.17) is 23.2 Å². The van der Waals surface area contributed by atoms with Gasteiger partial charge in [-0.1, -0.05) is 29.3 Å². The topological polar surface area (TPSA) is 41.1 Å². The molecule has 0 radical (unpaired) electrons. The van der Waals surface area contributed by atoms with Crippen LogP contribution in [-0.4, -0.2) is 5.91 Å². The van der Waals surface area contributed by atoms with Gasteiger partial charge in [0.15, 0.2) is 0 Å². The lowest BCUT2D eigenvalue weighted by molar-refractivity contribution is -0.116. The second-order valence-corrected chi connectivity index (χ2v) is 5.18. The Labute approximate surface area is 124 Å². The van der Waals surface area contributed by atoms with Crippen molar-refractivity contribution in [2.45, 2.75) is 6.04 Å². The van der Waals surface area contributed by atoms with Crippen LogP contribution in [-0.2, 0) is 4.79 Å². The van der Waals surface area contributed by atoms with Crippen LogP contribution in [0.2, 0.25) is 10.0 Å². The smallest absolute Gasteiger partial charge is 0.251 e. The van der Waals surface area contributed by atoms with Crippen molar-refractivity contribution in [2.24, 2.45) is 0 Å². The monoisotopic (exact) mass is 310 g/mol.